The topological polar surface area (TPSA) is 81.1 Å². The average molecular weight is 317 g/mol. The van der Waals surface area contributed by atoms with E-state index in [4.69, 9.17) is 9.05 Å². The number of hydrogen-bond donors (Lipinski definition) is 0. The van der Waals surface area contributed by atoms with Crippen LogP contribution in [0.1, 0.15) is 80.8 Å². The van der Waals surface area contributed by atoms with Crippen molar-refractivity contribution in [2.24, 2.45) is 0 Å². The van der Waals surface area contributed by atoms with Crippen LogP contribution in [0.4, 0.5) is 0 Å². The van der Waals surface area contributed by atoms with Gasteiger partial charge >= 0.3 is 0 Å². The van der Waals surface area contributed by atoms with E-state index < -0.39 is 0 Å². The molecule has 124 valence electrons. The maximum Gasteiger partial charge on any atom is 0.243 e. The van der Waals surface area contributed by atoms with Crippen molar-refractivity contribution in [2.75, 3.05) is 13.1 Å². The van der Waals surface area contributed by atoms with E-state index in [-0.39, 0.29) is 6.04 Å². The van der Waals surface area contributed by atoms with E-state index in [0.717, 1.165) is 49.9 Å². The summed E-state index contributed by atoms with van der Waals surface area (Å²) in [5, 5.41) is 8.23. The number of piperidine rings is 1. The molecule has 0 aromatic carbocycles. The van der Waals surface area contributed by atoms with Crippen molar-refractivity contribution in [3.05, 3.63) is 23.4 Å². The Morgan fingerprint density at radius 2 is 2.00 bits per heavy atom. The lowest BCUT2D eigenvalue weighted by Crippen LogP contribution is -2.36. The van der Waals surface area contributed by atoms with Crippen LogP contribution in [0.15, 0.2) is 9.05 Å². The second kappa shape index (κ2) is 6.03. The molecule has 0 unspecified atom stereocenters. The third-order valence-corrected chi connectivity index (χ3v) is 4.91. The van der Waals surface area contributed by atoms with Crippen LogP contribution >= 0.6 is 0 Å². The molecular formula is C16H23N5O2. The molecule has 0 N–H and O–H groups in total. The molecule has 0 bridgehead atoms. The molecule has 1 saturated carbocycles. The van der Waals surface area contributed by atoms with Gasteiger partial charge in [0, 0.05) is 24.8 Å². The van der Waals surface area contributed by atoms with Gasteiger partial charge < -0.3 is 9.05 Å². The van der Waals surface area contributed by atoms with E-state index in [1.54, 1.807) is 0 Å². The summed E-state index contributed by atoms with van der Waals surface area (Å²) >= 11 is 0. The Kier molecular flexibility index (Phi) is 3.88. The molecule has 2 aromatic rings. The molecule has 4 rings (SSSR count). The van der Waals surface area contributed by atoms with Gasteiger partial charge in [-0.2, -0.15) is 9.97 Å². The van der Waals surface area contributed by atoms with Gasteiger partial charge in [0.05, 0.1) is 6.04 Å². The Hall–Kier alpha value is -1.76. The molecule has 3 heterocycles. The molecular weight excluding hydrogens is 294 g/mol. The molecule has 2 atom stereocenters. The van der Waals surface area contributed by atoms with Crippen molar-refractivity contribution in [3.63, 3.8) is 0 Å². The number of rotatable bonds is 5. The molecule has 1 aliphatic heterocycles. The largest absolute Gasteiger partial charge is 0.339 e. The lowest BCUT2D eigenvalue weighted by atomic mass is 9.96. The Morgan fingerprint density at radius 1 is 1.13 bits per heavy atom. The lowest BCUT2D eigenvalue weighted by molar-refractivity contribution is 0.130. The van der Waals surface area contributed by atoms with Gasteiger partial charge in [0.15, 0.2) is 11.6 Å². The van der Waals surface area contributed by atoms with Gasteiger partial charge in [0.1, 0.15) is 0 Å². The summed E-state index contributed by atoms with van der Waals surface area (Å²) < 4.78 is 10.8. The zero-order valence-electron chi connectivity index (χ0n) is 13.7. The fourth-order valence-electron chi connectivity index (χ4n) is 3.22. The van der Waals surface area contributed by atoms with Crippen LogP contribution in [0.3, 0.4) is 0 Å². The predicted octanol–water partition coefficient (Wildman–Crippen LogP) is 2.83. The van der Waals surface area contributed by atoms with Crippen molar-refractivity contribution in [1.29, 1.82) is 0 Å². The summed E-state index contributed by atoms with van der Waals surface area (Å²) in [6.45, 7) is 6.11. The van der Waals surface area contributed by atoms with E-state index in [9.17, 15) is 0 Å². The van der Waals surface area contributed by atoms with Crippen molar-refractivity contribution in [2.45, 2.75) is 63.8 Å². The highest BCUT2D eigenvalue weighted by Gasteiger charge is 2.33. The minimum Gasteiger partial charge on any atom is -0.339 e. The molecule has 1 saturated heterocycles. The Labute approximate surface area is 135 Å². The first-order valence-electron chi connectivity index (χ1n) is 8.64. The van der Waals surface area contributed by atoms with Crippen LogP contribution in [0, 0.1) is 0 Å². The van der Waals surface area contributed by atoms with Crippen LogP contribution in [0.5, 0.6) is 0 Å². The fraction of sp³-hybridized carbons (Fsp3) is 0.750. The maximum atomic E-state index is 5.42. The van der Waals surface area contributed by atoms with Crippen LogP contribution < -0.4 is 0 Å². The molecule has 1 aliphatic carbocycles. The summed E-state index contributed by atoms with van der Waals surface area (Å²) in [7, 11) is 0. The summed E-state index contributed by atoms with van der Waals surface area (Å²) in [4.78, 5) is 11.5. The van der Waals surface area contributed by atoms with Crippen molar-refractivity contribution < 1.29 is 9.05 Å². The minimum atomic E-state index is 0.125. The second-order valence-corrected chi connectivity index (χ2v) is 6.68. The van der Waals surface area contributed by atoms with Gasteiger partial charge in [-0.3, -0.25) is 4.90 Å². The van der Waals surface area contributed by atoms with E-state index in [0.29, 0.717) is 17.7 Å². The minimum absolute atomic E-state index is 0.125. The van der Waals surface area contributed by atoms with Gasteiger partial charge in [-0.05, 0) is 39.2 Å². The standard InChI is InChI=1S/C16H23N5O2/c1-3-13-17-15(22-19-13)10(2)21-8-4-5-12(9-21)14-18-16(23-20-14)11-6-7-11/h10-12H,3-9H2,1-2H3/t10-,12-/m1/s1. The van der Waals surface area contributed by atoms with Gasteiger partial charge in [-0.1, -0.05) is 17.2 Å². The Bertz CT molecular complexity index is 663. The molecule has 23 heavy (non-hydrogen) atoms. The molecule has 7 heteroatoms. The summed E-state index contributed by atoms with van der Waals surface area (Å²) in [5.74, 6) is 4.01. The first-order chi connectivity index (χ1) is 11.2. The van der Waals surface area contributed by atoms with Gasteiger partial charge in [0.25, 0.3) is 0 Å². The van der Waals surface area contributed by atoms with Crippen LogP contribution in [0.25, 0.3) is 0 Å². The smallest absolute Gasteiger partial charge is 0.243 e. The number of nitrogens with zero attached hydrogens (tertiary/aromatic N) is 5. The Balaban J connectivity index is 1.45. The van der Waals surface area contributed by atoms with E-state index in [2.05, 4.69) is 32.1 Å². The fourth-order valence-corrected chi connectivity index (χ4v) is 3.22. The van der Waals surface area contributed by atoms with Crippen molar-refractivity contribution >= 4 is 0 Å². The number of aryl methyl sites for hydroxylation is 1. The van der Waals surface area contributed by atoms with Crippen LogP contribution in [0.2, 0.25) is 0 Å². The third kappa shape index (κ3) is 3.02. The zero-order chi connectivity index (χ0) is 15.8. The summed E-state index contributed by atoms with van der Waals surface area (Å²) in [5.41, 5.74) is 0. The summed E-state index contributed by atoms with van der Waals surface area (Å²) in [6.07, 6.45) is 5.40. The number of aromatic nitrogens is 4. The molecule has 2 aliphatic rings. The number of likely N-dealkylation sites (tertiary alicyclic amines) is 1. The highest BCUT2D eigenvalue weighted by atomic mass is 16.5. The van der Waals surface area contributed by atoms with Gasteiger partial charge in [-0.25, -0.2) is 0 Å². The second-order valence-electron chi connectivity index (χ2n) is 6.68. The van der Waals surface area contributed by atoms with Gasteiger partial charge in [0.2, 0.25) is 11.8 Å². The molecule has 2 fully saturated rings. The van der Waals surface area contributed by atoms with Crippen LogP contribution in [-0.2, 0) is 6.42 Å². The third-order valence-electron chi connectivity index (χ3n) is 4.91. The monoisotopic (exact) mass is 317 g/mol. The Morgan fingerprint density at radius 3 is 2.74 bits per heavy atom. The quantitative estimate of drug-likeness (QED) is 0.838. The van der Waals surface area contributed by atoms with Crippen molar-refractivity contribution in [3.8, 4) is 0 Å². The normalized spacial score (nSPS) is 24.0. The number of hydrogen-bond acceptors (Lipinski definition) is 7. The first kappa shape index (κ1) is 14.8. The van der Waals surface area contributed by atoms with E-state index >= 15 is 0 Å². The lowest BCUT2D eigenvalue weighted by Gasteiger charge is -2.34. The molecule has 2 aromatic heterocycles. The van der Waals surface area contributed by atoms with Gasteiger partial charge in [-0.15, -0.1) is 0 Å². The average Bonchev–Trinajstić information content (AvgIpc) is 3.14. The molecule has 7 nitrogen and oxygen atoms in total. The van der Waals surface area contributed by atoms with E-state index in [1.807, 2.05) is 6.92 Å². The highest BCUT2D eigenvalue weighted by Crippen LogP contribution is 2.40. The van der Waals surface area contributed by atoms with Crippen molar-refractivity contribution in [1.82, 2.24) is 25.2 Å². The maximum absolute atomic E-state index is 5.42. The molecule has 0 amide bonds. The first-order valence-corrected chi connectivity index (χ1v) is 8.64. The summed E-state index contributed by atoms with van der Waals surface area (Å²) in [6, 6.07) is 0.125. The van der Waals surface area contributed by atoms with Crippen LogP contribution in [-0.4, -0.2) is 38.3 Å². The molecule has 0 radical (unpaired) electrons. The predicted molar refractivity (Wildman–Crippen MR) is 81.9 cm³/mol. The SMILES string of the molecule is CCc1noc([C@@H](C)N2CCC[C@@H](c3noc(C4CC4)n3)C2)n1. The van der Waals surface area contributed by atoms with E-state index in [1.165, 1.54) is 12.8 Å². The molecule has 0 spiro atoms. The zero-order valence-corrected chi connectivity index (χ0v) is 13.7. The highest BCUT2D eigenvalue weighted by molar-refractivity contribution is 5.06.